The van der Waals surface area contributed by atoms with Crippen molar-refractivity contribution in [1.29, 1.82) is 0 Å². The number of nitrogens with zero attached hydrogens (tertiary/aromatic N) is 2. The van der Waals surface area contributed by atoms with Crippen molar-refractivity contribution in [2.24, 2.45) is 0 Å². The van der Waals surface area contributed by atoms with Gasteiger partial charge in [-0.1, -0.05) is 11.6 Å². The largest absolute Gasteiger partial charge is 0.309 e. The Morgan fingerprint density at radius 1 is 1.33 bits per heavy atom. The summed E-state index contributed by atoms with van der Waals surface area (Å²) in [6.45, 7) is 0.494. The Morgan fingerprint density at radius 2 is 2.17 bits per heavy atom. The SMILES string of the molecule is O=C1CC(Cl)CN1c1c(Cl)ccc2ncccc12. The summed E-state index contributed by atoms with van der Waals surface area (Å²) in [5.74, 6) is 0.00764. The minimum absolute atomic E-state index is 0.00764. The second kappa shape index (κ2) is 4.41. The average Bonchev–Trinajstić information content (AvgIpc) is 2.68. The number of carbonyl (C=O) groups excluding carboxylic acids is 1. The summed E-state index contributed by atoms with van der Waals surface area (Å²) in [5, 5.41) is 1.28. The Labute approximate surface area is 114 Å². The highest BCUT2D eigenvalue weighted by atomic mass is 35.5. The van der Waals surface area contributed by atoms with Crippen LogP contribution in [0.25, 0.3) is 10.9 Å². The van der Waals surface area contributed by atoms with Gasteiger partial charge >= 0.3 is 0 Å². The quantitative estimate of drug-likeness (QED) is 0.752. The highest BCUT2D eigenvalue weighted by Gasteiger charge is 2.31. The number of halogens is 2. The molecule has 1 aliphatic rings. The van der Waals surface area contributed by atoms with Crippen LogP contribution in [0.1, 0.15) is 6.42 Å². The molecular formula is C13H10Cl2N2O. The maximum Gasteiger partial charge on any atom is 0.228 e. The molecular weight excluding hydrogens is 271 g/mol. The van der Waals surface area contributed by atoms with Gasteiger partial charge in [0.2, 0.25) is 5.91 Å². The molecule has 1 aliphatic heterocycles. The maximum atomic E-state index is 11.9. The van der Waals surface area contributed by atoms with Crippen LogP contribution < -0.4 is 4.90 Å². The summed E-state index contributed by atoms with van der Waals surface area (Å²) in [5.41, 5.74) is 1.54. The van der Waals surface area contributed by atoms with Gasteiger partial charge in [-0.2, -0.15) is 0 Å². The number of alkyl halides is 1. The lowest BCUT2D eigenvalue weighted by Gasteiger charge is -2.19. The Morgan fingerprint density at radius 3 is 2.89 bits per heavy atom. The molecule has 92 valence electrons. The molecule has 0 radical (unpaired) electrons. The van der Waals surface area contributed by atoms with E-state index in [0.717, 1.165) is 16.6 Å². The normalized spacial score (nSPS) is 19.8. The monoisotopic (exact) mass is 280 g/mol. The number of anilines is 1. The number of rotatable bonds is 1. The van der Waals surface area contributed by atoms with E-state index in [2.05, 4.69) is 4.98 Å². The minimum Gasteiger partial charge on any atom is -0.309 e. The van der Waals surface area contributed by atoms with E-state index in [1.165, 1.54) is 0 Å². The zero-order valence-electron chi connectivity index (χ0n) is 9.44. The summed E-state index contributed by atoms with van der Waals surface area (Å²) in [6, 6.07) is 7.36. The van der Waals surface area contributed by atoms with Gasteiger partial charge in [0.05, 0.1) is 21.6 Å². The van der Waals surface area contributed by atoms with Gasteiger partial charge in [0.1, 0.15) is 0 Å². The standard InChI is InChI=1S/C13H10Cl2N2O/c14-8-6-12(18)17(7-8)13-9-2-1-5-16-11(9)4-3-10(13)15/h1-5,8H,6-7H2. The van der Waals surface area contributed by atoms with Crippen molar-refractivity contribution in [1.82, 2.24) is 4.98 Å². The van der Waals surface area contributed by atoms with Gasteiger partial charge in [0.15, 0.2) is 0 Å². The molecule has 0 N–H and O–H groups in total. The van der Waals surface area contributed by atoms with Crippen LogP contribution in [0.4, 0.5) is 5.69 Å². The molecule has 0 saturated carbocycles. The lowest BCUT2D eigenvalue weighted by molar-refractivity contribution is -0.117. The first kappa shape index (κ1) is 11.8. The lowest BCUT2D eigenvalue weighted by atomic mass is 10.1. The van der Waals surface area contributed by atoms with E-state index < -0.39 is 0 Å². The van der Waals surface area contributed by atoms with Crippen LogP contribution in [0, 0.1) is 0 Å². The first-order valence-corrected chi connectivity index (χ1v) is 6.46. The lowest BCUT2D eigenvalue weighted by Crippen LogP contribution is -2.25. The molecule has 0 spiro atoms. The van der Waals surface area contributed by atoms with E-state index in [1.807, 2.05) is 18.2 Å². The van der Waals surface area contributed by atoms with E-state index >= 15 is 0 Å². The van der Waals surface area contributed by atoms with Gasteiger partial charge in [0, 0.05) is 24.5 Å². The van der Waals surface area contributed by atoms with Crippen LogP contribution in [-0.4, -0.2) is 22.8 Å². The molecule has 0 bridgehead atoms. The zero-order valence-corrected chi connectivity index (χ0v) is 10.9. The molecule has 1 fully saturated rings. The second-order valence-electron chi connectivity index (χ2n) is 4.27. The highest BCUT2D eigenvalue weighted by Crippen LogP contribution is 2.36. The molecule has 1 amide bonds. The van der Waals surface area contributed by atoms with Crippen molar-refractivity contribution < 1.29 is 4.79 Å². The van der Waals surface area contributed by atoms with Gasteiger partial charge < -0.3 is 4.90 Å². The number of aromatic nitrogens is 1. The van der Waals surface area contributed by atoms with E-state index in [0.29, 0.717) is 18.0 Å². The molecule has 1 unspecified atom stereocenters. The third-order valence-corrected chi connectivity index (χ3v) is 3.65. The van der Waals surface area contributed by atoms with Gasteiger partial charge in [-0.15, -0.1) is 11.6 Å². The molecule has 2 heterocycles. The summed E-state index contributed by atoms with van der Waals surface area (Å²) >= 11 is 12.3. The van der Waals surface area contributed by atoms with Crippen LogP contribution in [0.15, 0.2) is 30.5 Å². The average molecular weight is 281 g/mol. The molecule has 1 atom stereocenters. The van der Waals surface area contributed by atoms with Crippen LogP contribution in [0.5, 0.6) is 0 Å². The van der Waals surface area contributed by atoms with Gasteiger partial charge in [-0.25, -0.2) is 0 Å². The van der Waals surface area contributed by atoms with E-state index in [-0.39, 0.29) is 11.3 Å². The fourth-order valence-corrected chi connectivity index (χ4v) is 2.80. The van der Waals surface area contributed by atoms with Crippen molar-refractivity contribution in [2.45, 2.75) is 11.8 Å². The Balaban J connectivity index is 2.22. The van der Waals surface area contributed by atoms with Gasteiger partial charge in [0.25, 0.3) is 0 Å². The van der Waals surface area contributed by atoms with E-state index in [1.54, 1.807) is 17.2 Å². The van der Waals surface area contributed by atoms with Crippen molar-refractivity contribution >= 4 is 45.7 Å². The summed E-state index contributed by atoms with van der Waals surface area (Å²) < 4.78 is 0. The van der Waals surface area contributed by atoms with E-state index in [9.17, 15) is 4.79 Å². The molecule has 3 rings (SSSR count). The first-order valence-electron chi connectivity index (χ1n) is 5.64. The second-order valence-corrected chi connectivity index (χ2v) is 5.30. The highest BCUT2D eigenvalue weighted by molar-refractivity contribution is 6.36. The summed E-state index contributed by atoms with van der Waals surface area (Å²) in [4.78, 5) is 17.9. The fraction of sp³-hybridized carbons (Fsp3) is 0.231. The van der Waals surface area contributed by atoms with Crippen LogP contribution in [0.2, 0.25) is 5.02 Å². The number of amides is 1. The minimum atomic E-state index is -0.152. The van der Waals surface area contributed by atoms with Crippen molar-refractivity contribution in [3.05, 3.63) is 35.5 Å². The molecule has 5 heteroatoms. The third kappa shape index (κ3) is 1.84. The fourth-order valence-electron chi connectivity index (χ4n) is 2.26. The Bertz CT molecular complexity index is 629. The summed E-state index contributed by atoms with van der Waals surface area (Å²) in [7, 11) is 0. The van der Waals surface area contributed by atoms with Crippen molar-refractivity contribution in [3.63, 3.8) is 0 Å². The molecule has 1 aromatic carbocycles. The number of fused-ring (bicyclic) bond motifs is 1. The summed E-state index contributed by atoms with van der Waals surface area (Å²) in [6.07, 6.45) is 2.07. The van der Waals surface area contributed by atoms with Crippen molar-refractivity contribution in [3.8, 4) is 0 Å². The van der Waals surface area contributed by atoms with Crippen LogP contribution in [0.3, 0.4) is 0 Å². The molecule has 1 aromatic heterocycles. The molecule has 1 saturated heterocycles. The van der Waals surface area contributed by atoms with Crippen LogP contribution in [-0.2, 0) is 4.79 Å². The number of benzene rings is 1. The molecule has 18 heavy (non-hydrogen) atoms. The van der Waals surface area contributed by atoms with Crippen LogP contribution >= 0.6 is 23.2 Å². The predicted molar refractivity (Wildman–Crippen MR) is 73.4 cm³/mol. The molecule has 2 aromatic rings. The van der Waals surface area contributed by atoms with E-state index in [4.69, 9.17) is 23.2 Å². The number of hydrogen-bond acceptors (Lipinski definition) is 2. The molecule has 3 nitrogen and oxygen atoms in total. The Kier molecular flexibility index (Phi) is 2.88. The van der Waals surface area contributed by atoms with Gasteiger partial charge in [-0.05, 0) is 24.3 Å². The topological polar surface area (TPSA) is 33.2 Å². The number of carbonyl (C=O) groups is 1. The third-order valence-electron chi connectivity index (χ3n) is 3.06. The number of pyridine rings is 1. The predicted octanol–water partition coefficient (Wildman–Crippen LogP) is 3.23. The first-order chi connectivity index (χ1) is 8.66. The molecule has 0 aliphatic carbocycles. The smallest absolute Gasteiger partial charge is 0.228 e. The zero-order chi connectivity index (χ0) is 12.7. The van der Waals surface area contributed by atoms with Crippen molar-refractivity contribution in [2.75, 3.05) is 11.4 Å². The van der Waals surface area contributed by atoms with Gasteiger partial charge in [-0.3, -0.25) is 9.78 Å². The Hall–Kier alpha value is -1.32. The number of hydrogen-bond donors (Lipinski definition) is 0. The maximum absolute atomic E-state index is 11.9.